The Morgan fingerprint density at radius 3 is 2.84 bits per heavy atom. The van der Waals surface area contributed by atoms with Gasteiger partial charge in [-0.2, -0.15) is 0 Å². The quantitative estimate of drug-likeness (QED) is 0.569. The van der Waals surface area contributed by atoms with Crippen LogP contribution in [-0.4, -0.2) is 17.5 Å². The maximum Gasteiger partial charge on any atom is 0.264 e. The van der Waals surface area contributed by atoms with Crippen molar-refractivity contribution < 1.29 is 9.53 Å². The minimum atomic E-state index is -0.262. The Balaban J connectivity index is 1.66. The van der Waals surface area contributed by atoms with Crippen molar-refractivity contribution in [3.05, 3.63) is 62.9 Å². The smallest absolute Gasteiger partial charge is 0.264 e. The lowest BCUT2D eigenvalue weighted by molar-refractivity contribution is -0.118. The van der Waals surface area contributed by atoms with Crippen molar-refractivity contribution in [1.82, 2.24) is 4.98 Å². The molecule has 0 unspecified atom stereocenters. The molecule has 0 fully saturated rings. The Morgan fingerprint density at radius 1 is 1.28 bits per heavy atom. The summed E-state index contributed by atoms with van der Waals surface area (Å²) >= 11 is 10.8. The Morgan fingerprint density at radius 2 is 2.08 bits per heavy atom. The number of para-hydroxylation sites is 1. The van der Waals surface area contributed by atoms with Crippen LogP contribution < -0.4 is 10.1 Å². The number of aryl methyl sites for hydroxylation is 1. The molecular formula is C18H14BrClN2O2S. The SMILES string of the molecule is Cc1sc(NC(=O)COc2ccccc2Br)nc1-c1cccc(Cl)c1. The van der Waals surface area contributed by atoms with Crippen molar-refractivity contribution in [3.63, 3.8) is 0 Å². The lowest BCUT2D eigenvalue weighted by Crippen LogP contribution is -2.20. The van der Waals surface area contributed by atoms with Crippen LogP contribution in [0.5, 0.6) is 5.75 Å². The Hall–Kier alpha value is -1.89. The number of nitrogens with one attached hydrogen (secondary N) is 1. The van der Waals surface area contributed by atoms with E-state index in [0.29, 0.717) is 15.9 Å². The van der Waals surface area contributed by atoms with E-state index in [2.05, 4.69) is 26.2 Å². The number of aromatic nitrogens is 1. The van der Waals surface area contributed by atoms with Crippen molar-refractivity contribution in [1.29, 1.82) is 0 Å². The summed E-state index contributed by atoms with van der Waals surface area (Å²) in [6, 6.07) is 14.9. The van der Waals surface area contributed by atoms with Crippen molar-refractivity contribution in [2.75, 3.05) is 11.9 Å². The Bertz CT molecular complexity index is 914. The molecule has 0 aliphatic rings. The van der Waals surface area contributed by atoms with Gasteiger partial charge in [0, 0.05) is 15.5 Å². The lowest BCUT2D eigenvalue weighted by atomic mass is 10.1. The van der Waals surface area contributed by atoms with Crippen LogP contribution in [0.2, 0.25) is 5.02 Å². The first-order chi connectivity index (χ1) is 12.0. The number of hydrogen-bond donors (Lipinski definition) is 1. The third-order valence-corrected chi connectivity index (χ3v) is 5.11. The molecule has 0 bridgehead atoms. The first-order valence-electron chi connectivity index (χ1n) is 7.43. The predicted molar refractivity (Wildman–Crippen MR) is 106 cm³/mol. The van der Waals surface area contributed by atoms with Gasteiger partial charge in [-0.05, 0) is 47.1 Å². The van der Waals surface area contributed by atoms with Crippen LogP contribution in [0.25, 0.3) is 11.3 Å². The van der Waals surface area contributed by atoms with Crippen LogP contribution >= 0.6 is 38.9 Å². The molecule has 0 aliphatic carbocycles. The predicted octanol–water partition coefficient (Wildman–Crippen LogP) is 5.55. The molecule has 1 aromatic heterocycles. The summed E-state index contributed by atoms with van der Waals surface area (Å²) in [5.74, 6) is 0.356. The number of amides is 1. The van der Waals surface area contributed by atoms with E-state index in [9.17, 15) is 4.79 Å². The van der Waals surface area contributed by atoms with E-state index in [1.54, 1.807) is 6.07 Å². The van der Waals surface area contributed by atoms with Gasteiger partial charge in [0.25, 0.3) is 5.91 Å². The van der Waals surface area contributed by atoms with Crippen LogP contribution in [0, 0.1) is 6.92 Å². The summed E-state index contributed by atoms with van der Waals surface area (Å²) in [5, 5.41) is 3.96. The molecule has 1 amide bonds. The number of thiazole rings is 1. The molecule has 3 aromatic rings. The number of ether oxygens (including phenoxy) is 1. The molecule has 2 aromatic carbocycles. The van der Waals surface area contributed by atoms with Gasteiger partial charge in [-0.3, -0.25) is 10.1 Å². The Labute approximate surface area is 162 Å². The molecular weight excluding hydrogens is 424 g/mol. The maximum atomic E-state index is 12.1. The summed E-state index contributed by atoms with van der Waals surface area (Å²) in [4.78, 5) is 17.6. The van der Waals surface area contributed by atoms with E-state index < -0.39 is 0 Å². The van der Waals surface area contributed by atoms with E-state index in [0.717, 1.165) is 20.6 Å². The summed E-state index contributed by atoms with van der Waals surface area (Å²) in [7, 11) is 0. The number of rotatable bonds is 5. The van der Waals surface area contributed by atoms with Crippen LogP contribution in [0.15, 0.2) is 53.0 Å². The number of hydrogen-bond acceptors (Lipinski definition) is 4. The van der Waals surface area contributed by atoms with Gasteiger partial charge in [0.2, 0.25) is 0 Å². The highest BCUT2D eigenvalue weighted by molar-refractivity contribution is 9.10. The highest BCUT2D eigenvalue weighted by atomic mass is 79.9. The number of halogens is 2. The van der Waals surface area contributed by atoms with Gasteiger partial charge in [-0.25, -0.2) is 4.98 Å². The lowest BCUT2D eigenvalue weighted by Gasteiger charge is -2.07. The fourth-order valence-electron chi connectivity index (χ4n) is 2.21. The molecule has 4 nitrogen and oxygen atoms in total. The molecule has 3 rings (SSSR count). The third kappa shape index (κ3) is 4.60. The largest absolute Gasteiger partial charge is 0.483 e. The standard InChI is InChI=1S/C18H14BrClN2O2S/c1-11-17(12-5-4-6-13(20)9-12)22-18(25-11)21-16(23)10-24-15-8-3-2-7-14(15)19/h2-9H,10H2,1H3,(H,21,22,23). The number of benzene rings is 2. The Kier molecular flexibility index (Phi) is 5.73. The molecule has 0 saturated carbocycles. The first-order valence-corrected chi connectivity index (χ1v) is 9.42. The molecule has 25 heavy (non-hydrogen) atoms. The van der Waals surface area contributed by atoms with Gasteiger partial charge in [0.05, 0.1) is 10.2 Å². The van der Waals surface area contributed by atoms with E-state index in [4.69, 9.17) is 16.3 Å². The topological polar surface area (TPSA) is 51.2 Å². The van der Waals surface area contributed by atoms with Gasteiger partial charge in [0.15, 0.2) is 11.7 Å². The second kappa shape index (κ2) is 7.99. The molecule has 1 N–H and O–H groups in total. The summed E-state index contributed by atoms with van der Waals surface area (Å²) < 4.78 is 6.31. The fourth-order valence-corrected chi connectivity index (χ4v) is 3.66. The van der Waals surface area contributed by atoms with Crippen LogP contribution in [0.1, 0.15) is 4.88 Å². The van der Waals surface area contributed by atoms with Crippen LogP contribution in [0.3, 0.4) is 0 Å². The second-order valence-corrected chi connectivity index (χ2v) is 7.70. The maximum absolute atomic E-state index is 12.1. The molecule has 0 saturated heterocycles. The van der Waals surface area contributed by atoms with E-state index in [1.165, 1.54) is 11.3 Å². The van der Waals surface area contributed by atoms with Crippen molar-refractivity contribution in [3.8, 4) is 17.0 Å². The minimum absolute atomic E-state index is 0.0895. The average molecular weight is 438 g/mol. The monoisotopic (exact) mass is 436 g/mol. The number of carbonyl (C=O) groups is 1. The minimum Gasteiger partial charge on any atom is -0.483 e. The van der Waals surface area contributed by atoms with E-state index in [1.807, 2.05) is 49.4 Å². The summed E-state index contributed by atoms with van der Waals surface area (Å²) in [5.41, 5.74) is 1.74. The van der Waals surface area contributed by atoms with Crippen molar-refractivity contribution in [2.45, 2.75) is 6.92 Å². The average Bonchev–Trinajstić information content (AvgIpc) is 2.94. The molecule has 0 atom stereocenters. The zero-order valence-electron chi connectivity index (χ0n) is 13.3. The fraction of sp³-hybridized carbons (Fsp3) is 0.111. The number of carbonyl (C=O) groups excluding carboxylic acids is 1. The van der Waals surface area contributed by atoms with Gasteiger partial charge in [0.1, 0.15) is 5.75 Å². The normalized spacial score (nSPS) is 10.5. The molecule has 0 aliphatic heterocycles. The number of anilines is 1. The van der Waals surface area contributed by atoms with Gasteiger partial charge in [-0.1, -0.05) is 35.9 Å². The highest BCUT2D eigenvalue weighted by Crippen LogP contribution is 2.31. The summed E-state index contributed by atoms with van der Waals surface area (Å²) in [6.07, 6.45) is 0. The van der Waals surface area contributed by atoms with Gasteiger partial charge in [-0.15, -0.1) is 11.3 Å². The summed E-state index contributed by atoms with van der Waals surface area (Å²) in [6.45, 7) is 1.87. The zero-order valence-corrected chi connectivity index (χ0v) is 16.4. The van der Waals surface area contributed by atoms with Crippen molar-refractivity contribution in [2.24, 2.45) is 0 Å². The highest BCUT2D eigenvalue weighted by Gasteiger charge is 2.13. The second-order valence-electron chi connectivity index (χ2n) is 5.20. The zero-order chi connectivity index (χ0) is 17.8. The van der Waals surface area contributed by atoms with Crippen LogP contribution in [0.4, 0.5) is 5.13 Å². The number of nitrogens with zero attached hydrogens (tertiary/aromatic N) is 1. The van der Waals surface area contributed by atoms with E-state index >= 15 is 0 Å². The van der Waals surface area contributed by atoms with Gasteiger partial charge >= 0.3 is 0 Å². The molecule has 1 heterocycles. The first kappa shape index (κ1) is 17.9. The van der Waals surface area contributed by atoms with E-state index in [-0.39, 0.29) is 12.5 Å². The molecule has 128 valence electrons. The van der Waals surface area contributed by atoms with Crippen LogP contribution in [-0.2, 0) is 4.79 Å². The molecule has 0 spiro atoms. The molecule has 7 heteroatoms. The molecule has 0 radical (unpaired) electrons. The van der Waals surface area contributed by atoms with Gasteiger partial charge < -0.3 is 4.74 Å². The van der Waals surface area contributed by atoms with Crippen molar-refractivity contribution >= 4 is 49.9 Å². The third-order valence-electron chi connectivity index (χ3n) is 3.34.